The van der Waals surface area contributed by atoms with Crippen LogP contribution in [0.4, 0.5) is 5.95 Å². The Morgan fingerprint density at radius 1 is 1.38 bits per heavy atom. The van der Waals surface area contributed by atoms with E-state index in [4.69, 9.17) is 0 Å². The first-order valence-electron chi connectivity index (χ1n) is 8.78. The van der Waals surface area contributed by atoms with Crippen molar-refractivity contribution in [2.75, 3.05) is 32.1 Å². The molecule has 0 bridgehead atoms. The molecule has 0 aromatic carbocycles. The second-order valence-electron chi connectivity index (χ2n) is 7.39. The van der Waals surface area contributed by atoms with Crippen molar-refractivity contribution >= 4 is 11.9 Å². The Hall–Kier alpha value is -1.69. The Morgan fingerprint density at radius 2 is 2.00 bits per heavy atom. The zero-order valence-corrected chi connectivity index (χ0v) is 15.5. The number of likely N-dealkylation sites (tertiary alicyclic amines) is 1. The van der Waals surface area contributed by atoms with E-state index in [1.54, 1.807) is 6.20 Å². The van der Waals surface area contributed by atoms with E-state index in [1.807, 2.05) is 30.8 Å². The van der Waals surface area contributed by atoms with Crippen LogP contribution in [0.3, 0.4) is 0 Å². The fraction of sp³-hybridized carbons (Fsp3) is 0.722. The van der Waals surface area contributed by atoms with Crippen LogP contribution < -0.4 is 4.90 Å². The number of aliphatic hydroxyl groups is 1. The number of nitrogens with zero attached hydrogens (tertiary/aromatic N) is 4. The van der Waals surface area contributed by atoms with Gasteiger partial charge in [0.15, 0.2) is 0 Å². The molecule has 2 rings (SSSR count). The van der Waals surface area contributed by atoms with E-state index in [1.165, 1.54) is 0 Å². The predicted octanol–water partition coefficient (Wildman–Crippen LogP) is 2.11. The van der Waals surface area contributed by atoms with Gasteiger partial charge in [-0.05, 0) is 38.0 Å². The summed E-state index contributed by atoms with van der Waals surface area (Å²) in [7, 11) is 3.76. The molecule has 6 heteroatoms. The van der Waals surface area contributed by atoms with Gasteiger partial charge < -0.3 is 14.9 Å². The summed E-state index contributed by atoms with van der Waals surface area (Å²) < 4.78 is 0. The third-order valence-electron chi connectivity index (χ3n) is 4.68. The molecule has 1 saturated heterocycles. The number of amides is 1. The van der Waals surface area contributed by atoms with Crippen LogP contribution in [0.1, 0.15) is 49.2 Å². The summed E-state index contributed by atoms with van der Waals surface area (Å²) in [6, 6.07) is 0. The monoisotopic (exact) mass is 334 g/mol. The molecular weight excluding hydrogens is 304 g/mol. The molecule has 1 aliphatic heterocycles. The van der Waals surface area contributed by atoms with E-state index >= 15 is 0 Å². The maximum atomic E-state index is 12.7. The van der Waals surface area contributed by atoms with E-state index in [9.17, 15) is 9.90 Å². The minimum Gasteiger partial charge on any atom is -0.393 e. The lowest BCUT2D eigenvalue weighted by atomic mass is 9.87. The molecule has 0 saturated carbocycles. The first-order valence-corrected chi connectivity index (χ1v) is 8.78. The minimum absolute atomic E-state index is 0.00499. The van der Waals surface area contributed by atoms with Gasteiger partial charge in [0.2, 0.25) is 5.95 Å². The molecule has 6 nitrogen and oxygen atoms in total. The molecule has 2 heterocycles. The Bertz CT molecular complexity index is 566. The molecule has 1 atom stereocenters. The zero-order valence-electron chi connectivity index (χ0n) is 15.5. The number of anilines is 1. The summed E-state index contributed by atoms with van der Waals surface area (Å²) in [5.41, 5.74) is 1.28. The van der Waals surface area contributed by atoms with Crippen molar-refractivity contribution < 1.29 is 9.90 Å². The molecule has 1 N–H and O–H groups in total. The van der Waals surface area contributed by atoms with Crippen molar-refractivity contribution in [3.8, 4) is 0 Å². The van der Waals surface area contributed by atoms with E-state index in [-0.39, 0.29) is 12.0 Å². The number of hydrogen-bond acceptors (Lipinski definition) is 5. The largest absolute Gasteiger partial charge is 0.393 e. The van der Waals surface area contributed by atoms with Gasteiger partial charge in [-0.2, -0.15) is 0 Å². The summed E-state index contributed by atoms with van der Waals surface area (Å²) in [4.78, 5) is 25.1. The number of hydrogen-bond donors (Lipinski definition) is 1. The number of carbonyl (C=O) groups excluding carboxylic acids is 1. The van der Waals surface area contributed by atoms with Gasteiger partial charge in [-0.25, -0.2) is 9.97 Å². The first-order chi connectivity index (χ1) is 11.3. The molecular formula is C18H30N4O2. The quantitative estimate of drug-likeness (QED) is 0.893. The third-order valence-corrected chi connectivity index (χ3v) is 4.68. The van der Waals surface area contributed by atoms with Gasteiger partial charge >= 0.3 is 0 Å². The van der Waals surface area contributed by atoms with Crippen molar-refractivity contribution in [1.82, 2.24) is 14.9 Å². The Balaban J connectivity index is 1.98. The number of aliphatic hydroxyl groups excluding tert-OH is 1. The maximum absolute atomic E-state index is 12.7. The standard InChI is InChI=1S/C18H30N4O2/c1-12(2)10-16(23)14-6-8-22(9-7-14)17(24)15-11-19-18(21(4)5)20-13(15)3/h11-12,14,16,23H,6-10H2,1-5H3/t16-/m0/s1. The van der Waals surface area contributed by atoms with Crippen LogP contribution in [0.25, 0.3) is 0 Å². The lowest BCUT2D eigenvalue weighted by molar-refractivity contribution is 0.0384. The van der Waals surface area contributed by atoms with Crippen LogP contribution in [0, 0.1) is 18.8 Å². The lowest BCUT2D eigenvalue weighted by Gasteiger charge is -2.35. The summed E-state index contributed by atoms with van der Waals surface area (Å²) in [6.45, 7) is 7.48. The van der Waals surface area contributed by atoms with Crippen molar-refractivity contribution in [2.24, 2.45) is 11.8 Å². The molecule has 0 aliphatic carbocycles. The maximum Gasteiger partial charge on any atom is 0.257 e. The molecule has 1 aromatic rings. The SMILES string of the molecule is Cc1nc(N(C)C)ncc1C(=O)N1CCC([C@@H](O)CC(C)C)CC1. The fourth-order valence-electron chi connectivity index (χ4n) is 3.21. The number of aromatic nitrogens is 2. The van der Waals surface area contributed by atoms with Crippen LogP contribution in [0.15, 0.2) is 6.20 Å². The van der Waals surface area contributed by atoms with Gasteiger partial charge in [-0.1, -0.05) is 13.8 Å². The van der Waals surface area contributed by atoms with Gasteiger partial charge in [-0.3, -0.25) is 4.79 Å². The lowest BCUT2D eigenvalue weighted by Crippen LogP contribution is -2.41. The number of piperidine rings is 1. The summed E-state index contributed by atoms with van der Waals surface area (Å²) >= 11 is 0. The first kappa shape index (κ1) is 18.6. The van der Waals surface area contributed by atoms with Crippen LogP contribution >= 0.6 is 0 Å². The van der Waals surface area contributed by atoms with Crippen molar-refractivity contribution in [3.63, 3.8) is 0 Å². The van der Waals surface area contributed by atoms with Crippen molar-refractivity contribution in [3.05, 3.63) is 17.5 Å². The highest BCUT2D eigenvalue weighted by Crippen LogP contribution is 2.25. The predicted molar refractivity (Wildman–Crippen MR) is 95.2 cm³/mol. The highest BCUT2D eigenvalue weighted by Gasteiger charge is 2.29. The number of carbonyl (C=O) groups is 1. The molecule has 0 unspecified atom stereocenters. The van der Waals surface area contributed by atoms with Gasteiger partial charge in [0, 0.05) is 33.4 Å². The number of aryl methyl sites for hydroxylation is 1. The topological polar surface area (TPSA) is 69.6 Å². The molecule has 1 fully saturated rings. The highest BCUT2D eigenvalue weighted by atomic mass is 16.3. The molecule has 0 radical (unpaired) electrons. The Morgan fingerprint density at radius 3 is 2.50 bits per heavy atom. The van der Waals surface area contributed by atoms with E-state index in [0.29, 0.717) is 42.1 Å². The average Bonchev–Trinajstić information content (AvgIpc) is 2.53. The van der Waals surface area contributed by atoms with Gasteiger partial charge in [-0.15, -0.1) is 0 Å². The molecule has 1 amide bonds. The van der Waals surface area contributed by atoms with Gasteiger partial charge in [0.05, 0.1) is 17.4 Å². The van der Waals surface area contributed by atoms with Crippen molar-refractivity contribution in [1.29, 1.82) is 0 Å². The third kappa shape index (κ3) is 4.44. The summed E-state index contributed by atoms with van der Waals surface area (Å²) in [5, 5.41) is 10.3. The van der Waals surface area contributed by atoms with Gasteiger partial charge in [0.1, 0.15) is 0 Å². The van der Waals surface area contributed by atoms with Gasteiger partial charge in [0.25, 0.3) is 5.91 Å². The average molecular weight is 334 g/mol. The second-order valence-corrected chi connectivity index (χ2v) is 7.39. The van der Waals surface area contributed by atoms with Crippen molar-refractivity contribution in [2.45, 2.75) is 46.1 Å². The fourth-order valence-corrected chi connectivity index (χ4v) is 3.21. The van der Waals surface area contributed by atoms with Crippen LogP contribution in [0.5, 0.6) is 0 Å². The second kappa shape index (κ2) is 7.92. The van der Waals surface area contributed by atoms with Crippen LogP contribution in [-0.2, 0) is 0 Å². The Kier molecular flexibility index (Phi) is 6.15. The zero-order chi connectivity index (χ0) is 17.9. The molecule has 134 valence electrons. The number of rotatable bonds is 5. The Labute approximate surface area is 144 Å². The van der Waals surface area contributed by atoms with Crippen LogP contribution in [-0.4, -0.2) is 59.2 Å². The van der Waals surface area contributed by atoms with E-state index < -0.39 is 0 Å². The summed E-state index contributed by atoms with van der Waals surface area (Å²) in [5.74, 6) is 1.40. The van der Waals surface area contributed by atoms with E-state index in [0.717, 1.165) is 19.3 Å². The molecule has 1 aromatic heterocycles. The normalized spacial score (nSPS) is 17.2. The highest BCUT2D eigenvalue weighted by molar-refractivity contribution is 5.95. The van der Waals surface area contributed by atoms with E-state index in [2.05, 4.69) is 23.8 Å². The molecule has 0 spiro atoms. The summed E-state index contributed by atoms with van der Waals surface area (Å²) in [6.07, 6.45) is 3.91. The molecule has 1 aliphatic rings. The minimum atomic E-state index is -0.258. The van der Waals surface area contributed by atoms with Crippen LogP contribution in [0.2, 0.25) is 0 Å². The molecule has 24 heavy (non-hydrogen) atoms. The smallest absolute Gasteiger partial charge is 0.257 e.